The first-order valence-corrected chi connectivity index (χ1v) is 15.0. The van der Waals surface area contributed by atoms with Crippen LogP contribution in [-0.2, 0) is 21.9 Å². The molecule has 14 heteroatoms. The SMILES string of the molecule is C.C.CC(C)(Br)C(=O)Br.CC(C)(Br)C(=O)Nc1ccc(C(F)(F)F)cc1.CCN(CC)CC.Nc1ccc(C(F)(F)F)cc1. The average molecular weight is 834 g/mol. The lowest BCUT2D eigenvalue weighted by atomic mass is 10.1. The Morgan fingerprint density at radius 1 is 0.705 bits per heavy atom. The largest absolute Gasteiger partial charge is 0.416 e. The van der Waals surface area contributed by atoms with E-state index in [0.29, 0.717) is 11.4 Å². The second-order valence-electron chi connectivity index (χ2n) is 9.49. The number of hydrogen-bond acceptors (Lipinski definition) is 4. The van der Waals surface area contributed by atoms with Gasteiger partial charge in [0.15, 0.2) is 0 Å². The molecule has 0 aliphatic rings. The smallest absolute Gasteiger partial charge is 0.399 e. The molecule has 1 amide bonds. The summed E-state index contributed by atoms with van der Waals surface area (Å²) >= 11 is 9.11. The Morgan fingerprint density at radius 2 is 1.00 bits per heavy atom. The van der Waals surface area contributed by atoms with Gasteiger partial charge in [-0.3, -0.25) is 9.59 Å². The molecule has 0 fully saturated rings. The number of anilines is 2. The van der Waals surface area contributed by atoms with Crippen molar-refractivity contribution in [2.45, 2.75) is 84.3 Å². The Hall–Kier alpha value is -1.64. The number of alkyl halides is 8. The van der Waals surface area contributed by atoms with Gasteiger partial charge in [-0.15, -0.1) is 0 Å². The van der Waals surface area contributed by atoms with E-state index in [-0.39, 0.29) is 25.5 Å². The van der Waals surface area contributed by atoms with Crippen molar-refractivity contribution in [3.8, 4) is 0 Å². The quantitative estimate of drug-likeness (QED) is 0.132. The van der Waals surface area contributed by atoms with Gasteiger partial charge in [0, 0.05) is 11.4 Å². The first-order chi connectivity index (χ1) is 18.9. The van der Waals surface area contributed by atoms with Crippen LogP contribution in [0.2, 0.25) is 0 Å². The molecule has 0 aliphatic heterocycles. The maximum Gasteiger partial charge on any atom is 0.416 e. The molecular formula is C30H46Br3F6N3O2. The van der Waals surface area contributed by atoms with Crippen LogP contribution in [0.25, 0.3) is 0 Å². The molecule has 256 valence electrons. The Kier molecular flexibility index (Phi) is 24.6. The van der Waals surface area contributed by atoms with Crippen LogP contribution in [0.15, 0.2) is 48.5 Å². The van der Waals surface area contributed by atoms with E-state index in [1.807, 2.05) is 0 Å². The molecule has 44 heavy (non-hydrogen) atoms. The van der Waals surface area contributed by atoms with E-state index in [4.69, 9.17) is 5.73 Å². The molecule has 2 rings (SSSR count). The number of hydrogen-bond donors (Lipinski definition) is 2. The molecule has 2 aromatic rings. The van der Waals surface area contributed by atoms with Crippen LogP contribution < -0.4 is 11.1 Å². The van der Waals surface area contributed by atoms with E-state index in [9.17, 15) is 35.9 Å². The number of halogens is 9. The summed E-state index contributed by atoms with van der Waals surface area (Å²) in [5.41, 5.74) is 4.45. The van der Waals surface area contributed by atoms with Gasteiger partial charge in [0.1, 0.15) is 0 Å². The highest BCUT2D eigenvalue weighted by atomic mass is 79.9. The zero-order chi connectivity index (χ0) is 33.5. The lowest BCUT2D eigenvalue weighted by molar-refractivity contribution is -0.138. The van der Waals surface area contributed by atoms with Gasteiger partial charge in [0.2, 0.25) is 10.6 Å². The van der Waals surface area contributed by atoms with E-state index in [2.05, 4.69) is 78.8 Å². The minimum absolute atomic E-state index is 0. The van der Waals surface area contributed by atoms with Gasteiger partial charge >= 0.3 is 12.4 Å². The molecule has 0 saturated carbocycles. The van der Waals surface area contributed by atoms with E-state index in [1.165, 1.54) is 43.9 Å². The van der Waals surface area contributed by atoms with Crippen molar-refractivity contribution >= 4 is 69.8 Å². The summed E-state index contributed by atoms with van der Waals surface area (Å²) in [6.45, 7) is 17.0. The fraction of sp³-hybridized carbons (Fsp3) is 0.533. The van der Waals surface area contributed by atoms with Crippen molar-refractivity contribution < 1.29 is 35.9 Å². The van der Waals surface area contributed by atoms with Crippen LogP contribution in [0, 0.1) is 0 Å². The molecule has 0 atom stereocenters. The Balaban J connectivity index is -0.000000257. The van der Waals surface area contributed by atoms with Crippen molar-refractivity contribution in [2.24, 2.45) is 0 Å². The molecule has 0 radical (unpaired) electrons. The molecule has 5 nitrogen and oxygen atoms in total. The summed E-state index contributed by atoms with van der Waals surface area (Å²) in [4.78, 5) is 24.2. The minimum atomic E-state index is -4.36. The number of nitrogen functional groups attached to an aromatic ring is 1. The van der Waals surface area contributed by atoms with Crippen molar-refractivity contribution in [2.75, 3.05) is 30.7 Å². The van der Waals surface area contributed by atoms with Crippen LogP contribution >= 0.6 is 47.8 Å². The summed E-state index contributed by atoms with van der Waals surface area (Å²) in [7, 11) is 0. The molecular weight excluding hydrogens is 788 g/mol. The number of rotatable bonds is 6. The standard InChI is InChI=1S/C11H11BrF3NO.C7H6F3N.C6H15N.C4H6Br2O.2CH4/c1-10(2,12)9(17)16-8-5-3-7(4-6-8)11(13,14)15;8-7(9,10)5-1-3-6(11)4-2-5;1-4-7(5-2)6-3;1-4(2,6)3(5)7;;/h3-6H,1-2H3,(H,16,17);1-4H,11H2;4-6H2,1-3H3;1-2H3;2*1H4. The zero-order valence-corrected chi connectivity index (χ0v) is 29.2. The van der Waals surface area contributed by atoms with Crippen LogP contribution in [-0.4, -0.2) is 43.8 Å². The first-order valence-electron chi connectivity index (χ1n) is 12.6. The summed E-state index contributed by atoms with van der Waals surface area (Å²) in [6.07, 6.45) is -8.63. The molecule has 0 spiro atoms. The average Bonchev–Trinajstić information content (AvgIpc) is 2.85. The number of carbonyl (C=O) groups is 2. The van der Waals surface area contributed by atoms with E-state index in [1.54, 1.807) is 27.7 Å². The third kappa shape index (κ3) is 22.8. The monoisotopic (exact) mass is 831 g/mol. The highest BCUT2D eigenvalue weighted by Crippen LogP contribution is 2.30. The number of nitrogens with two attached hydrogens (primary N) is 1. The highest BCUT2D eigenvalue weighted by molar-refractivity contribution is 9.20. The van der Waals surface area contributed by atoms with Crippen LogP contribution in [0.4, 0.5) is 37.7 Å². The molecule has 0 heterocycles. The van der Waals surface area contributed by atoms with Gasteiger partial charge in [-0.05, 0) is 112 Å². The number of nitrogens with one attached hydrogen (secondary N) is 1. The number of nitrogens with zero attached hydrogens (tertiary/aromatic N) is 1. The molecule has 0 saturated heterocycles. The van der Waals surface area contributed by atoms with Crippen molar-refractivity contribution in [3.63, 3.8) is 0 Å². The van der Waals surface area contributed by atoms with Crippen LogP contribution in [0.5, 0.6) is 0 Å². The van der Waals surface area contributed by atoms with Gasteiger partial charge in [-0.1, -0.05) is 67.5 Å². The topological polar surface area (TPSA) is 75.4 Å². The Bertz CT molecular complexity index is 1060. The van der Waals surface area contributed by atoms with E-state index >= 15 is 0 Å². The third-order valence-electron chi connectivity index (χ3n) is 5.06. The van der Waals surface area contributed by atoms with Crippen LogP contribution in [0.3, 0.4) is 0 Å². The zero-order valence-electron chi connectivity index (χ0n) is 24.5. The summed E-state index contributed by atoms with van der Waals surface area (Å²) < 4.78 is 71.3. The lowest BCUT2D eigenvalue weighted by Crippen LogP contribution is -2.30. The maximum atomic E-state index is 12.3. The molecule has 3 N–H and O–H groups in total. The number of amides is 1. The molecule has 0 aromatic heterocycles. The van der Waals surface area contributed by atoms with Crippen LogP contribution in [0.1, 0.15) is 74.4 Å². The summed E-state index contributed by atoms with van der Waals surface area (Å²) in [6, 6.07) is 8.66. The lowest BCUT2D eigenvalue weighted by Gasteiger charge is -2.16. The van der Waals surface area contributed by atoms with Gasteiger partial charge < -0.3 is 16.0 Å². The Morgan fingerprint density at radius 3 is 1.20 bits per heavy atom. The predicted octanol–water partition coefficient (Wildman–Crippen LogP) is 10.8. The second kappa shape index (κ2) is 22.0. The van der Waals surface area contributed by atoms with Gasteiger partial charge in [-0.2, -0.15) is 26.3 Å². The second-order valence-corrected chi connectivity index (χ2v) is 14.2. The fourth-order valence-electron chi connectivity index (χ4n) is 2.37. The van der Waals surface area contributed by atoms with Crippen molar-refractivity contribution in [3.05, 3.63) is 59.7 Å². The summed E-state index contributed by atoms with van der Waals surface area (Å²) in [5.74, 6) is -0.322. The van der Waals surface area contributed by atoms with E-state index < -0.39 is 32.1 Å². The molecule has 0 unspecified atom stereocenters. The number of carbonyl (C=O) groups excluding carboxylic acids is 2. The molecule has 2 aromatic carbocycles. The van der Waals surface area contributed by atoms with Gasteiger partial charge in [0.25, 0.3) is 0 Å². The summed E-state index contributed by atoms with van der Waals surface area (Å²) in [5, 5.41) is 2.51. The first kappa shape index (κ1) is 49.2. The maximum absolute atomic E-state index is 12.3. The minimum Gasteiger partial charge on any atom is -0.399 e. The van der Waals surface area contributed by atoms with Gasteiger partial charge in [0.05, 0.1) is 19.8 Å². The molecule has 0 aliphatic carbocycles. The Labute approximate surface area is 284 Å². The highest BCUT2D eigenvalue weighted by Gasteiger charge is 2.31. The van der Waals surface area contributed by atoms with E-state index in [0.717, 1.165) is 24.3 Å². The molecule has 0 bridgehead atoms. The normalized spacial score (nSPS) is 11.1. The third-order valence-corrected chi connectivity index (χ3v) is 7.30. The fourth-order valence-corrected chi connectivity index (χ4v) is 2.46. The number of benzene rings is 2. The predicted molar refractivity (Wildman–Crippen MR) is 183 cm³/mol. The van der Waals surface area contributed by atoms with Crippen molar-refractivity contribution in [1.29, 1.82) is 0 Å². The van der Waals surface area contributed by atoms with Gasteiger partial charge in [-0.25, -0.2) is 0 Å². The van der Waals surface area contributed by atoms with Crippen molar-refractivity contribution in [1.82, 2.24) is 4.90 Å².